The second kappa shape index (κ2) is 9.10. The molecule has 0 unspecified atom stereocenters. The van der Waals surface area contributed by atoms with Crippen LogP contribution in [0.5, 0.6) is 5.75 Å². The summed E-state index contributed by atoms with van der Waals surface area (Å²) in [6, 6.07) is 9.01. The third-order valence-electron chi connectivity index (χ3n) is 4.64. The highest BCUT2D eigenvalue weighted by Gasteiger charge is 2.23. The molecule has 30 heavy (non-hydrogen) atoms. The molecule has 1 aromatic carbocycles. The number of para-hydroxylation sites is 2. The van der Waals surface area contributed by atoms with Crippen molar-refractivity contribution < 1.29 is 18.7 Å². The molecule has 1 aliphatic heterocycles. The Balaban J connectivity index is 1.35. The van der Waals surface area contributed by atoms with E-state index in [0.717, 1.165) is 23.5 Å². The van der Waals surface area contributed by atoms with Crippen LogP contribution < -0.4 is 15.4 Å². The molecule has 9 heteroatoms. The molecule has 2 N–H and O–H groups in total. The normalized spacial score (nSPS) is 13.5. The Morgan fingerprint density at radius 2 is 2.13 bits per heavy atom. The first kappa shape index (κ1) is 20.1. The fraction of sp³-hybridized carbons (Fsp3) is 0.286. The standard InChI is InChI=1S/C21H22N4O4S/c1-2-29-17-6-4-3-5-15(17)22-19(26)12-25-9-7-16-18(11-25)30-21(23-16)24-20(27)14-8-10-28-13-14/h3-6,8,10,13H,2,7,9,11-12H2,1H3,(H,22,26)(H,23,24,27). The zero-order valence-electron chi connectivity index (χ0n) is 16.5. The Bertz CT molecular complexity index is 1030. The highest BCUT2D eigenvalue weighted by atomic mass is 32.1. The predicted molar refractivity (Wildman–Crippen MR) is 114 cm³/mol. The number of aromatic nitrogens is 1. The van der Waals surface area contributed by atoms with Crippen molar-refractivity contribution in [2.24, 2.45) is 0 Å². The summed E-state index contributed by atoms with van der Waals surface area (Å²) in [5.74, 6) is 0.317. The quantitative estimate of drug-likeness (QED) is 0.601. The van der Waals surface area contributed by atoms with Crippen LogP contribution in [0.3, 0.4) is 0 Å². The molecule has 0 atom stereocenters. The topological polar surface area (TPSA) is 96.7 Å². The summed E-state index contributed by atoms with van der Waals surface area (Å²) >= 11 is 1.44. The Morgan fingerprint density at radius 1 is 1.27 bits per heavy atom. The lowest BCUT2D eigenvalue weighted by Crippen LogP contribution is -2.36. The van der Waals surface area contributed by atoms with Gasteiger partial charge in [-0.25, -0.2) is 4.98 Å². The van der Waals surface area contributed by atoms with Crippen molar-refractivity contribution in [3.8, 4) is 5.75 Å². The Kier molecular flexibility index (Phi) is 6.10. The molecule has 0 saturated carbocycles. The van der Waals surface area contributed by atoms with Gasteiger partial charge >= 0.3 is 0 Å². The Labute approximate surface area is 177 Å². The first-order valence-electron chi connectivity index (χ1n) is 9.68. The molecule has 156 valence electrons. The Morgan fingerprint density at radius 3 is 2.93 bits per heavy atom. The van der Waals surface area contributed by atoms with Crippen molar-refractivity contribution in [1.82, 2.24) is 9.88 Å². The second-order valence-corrected chi connectivity index (χ2v) is 7.88. The van der Waals surface area contributed by atoms with Crippen LogP contribution in [-0.4, -0.2) is 41.4 Å². The van der Waals surface area contributed by atoms with Gasteiger partial charge in [-0.3, -0.25) is 19.8 Å². The zero-order valence-corrected chi connectivity index (χ0v) is 17.3. The number of carbonyl (C=O) groups is 2. The van der Waals surface area contributed by atoms with Gasteiger partial charge in [-0.15, -0.1) is 11.3 Å². The number of nitrogens with one attached hydrogen (secondary N) is 2. The van der Waals surface area contributed by atoms with Crippen LogP contribution in [0.4, 0.5) is 10.8 Å². The van der Waals surface area contributed by atoms with Crippen molar-refractivity contribution in [3.05, 3.63) is 59.0 Å². The molecule has 1 aliphatic rings. The molecular formula is C21H22N4O4S. The minimum Gasteiger partial charge on any atom is -0.492 e. The molecule has 0 saturated heterocycles. The van der Waals surface area contributed by atoms with Gasteiger partial charge in [-0.2, -0.15) is 0 Å². The molecule has 3 aromatic rings. The van der Waals surface area contributed by atoms with Crippen molar-refractivity contribution in [2.45, 2.75) is 19.9 Å². The van der Waals surface area contributed by atoms with Crippen LogP contribution in [0.25, 0.3) is 0 Å². The number of fused-ring (bicyclic) bond motifs is 1. The number of benzene rings is 1. The van der Waals surface area contributed by atoms with Crippen LogP contribution in [0, 0.1) is 0 Å². The third kappa shape index (κ3) is 4.69. The van der Waals surface area contributed by atoms with Gasteiger partial charge in [0, 0.05) is 24.4 Å². The number of amides is 2. The molecule has 3 heterocycles. The lowest BCUT2D eigenvalue weighted by atomic mass is 10.2. The minimum absolute atomic E-state index is 0.0939. The fourth-order valence-corrected chi connectivity index (χ4v) is 4.29. The summed E-state index contributed by atoms with van der Waals surface area (Å²) in [5, 5.41) is 6.29. The van der Waals surface area contributed by atoms with Crippen LogP contribution in [-0.2, 0) is 17.8 Å². The molecule has 0 radical (unpaired) electrons. The molecule has 0 aliphatic carbocycles. The Hall–Kier alpha value is -3.17. The van der Waals surface area contributed by atoms with E-state index >= 15 is 0 Å². The van der Waals surface area contributed by atoms with Crippen molar-refractivity contribution >= 4 is 34.0 Å². The number of hydrogen-bond acceptors (Lipinski definition) is 7. The third-order valence-corrected chi connectivity index (χ3v) is 5.64. The largest absolute Gasteiger partial charge is 0.492 e. The maximum atomic E-state index is 12.5. The van der Waals surface area contributed by atoms with Crippen LogP contribution in [0.2, 0.25) is 0 Å². The van der Waals surface area contributed by atoms with Gasteiger partial charge in [-0.05, 0) is 25.1 Å². The molecule has 2 amide bonds. The lowest BCUT2D eigenvalue weighted by molar-refractivity contribution is -0.117. The van der Waals surface area contributed by atoms with Gasteiger partial charge in [0.25, 0.3) is 5.91 Å². The number of rotatable bonds is 7. The SMILES string of the molecule is CCOc1ccccc1NC(=O)CN1CCc2nc(NC(=O)c3ccoc3)sc2C1. The van der Waals surface area contributed by atoms with Gasteiger partial charge in [0.05, 0.1) is 36.4 Å². The van der Waals surface area contributed by atoms with Crippen molar-refractivity contribution in [2.75, 3.05) is 30.3 Å². The van der Waals surface area contributed by atoms with Gasteiger partial charge in [0.2, 0.25) is 5.91 Å². The second-order valence-electron chi connectivity index (χ2n) is 6.79. The van der Waals surface area contributed by atoms with E-state index < -0.39 is 0 Å². The van der Waals surface area contributed by atoms with E-state index in [0.29, 0.717) is 35.3 Å². The summed E-state index contributed by atoms with van der Waals surface area (Å²) in [6.07, 6.45) is 3.58. The minimum atomic E-state index is -0.251. The van der Waals surface area contributed by atoms with Crippen molar-refractivity contribution in [3.63, 3.8) is 0 Å². The molecule has 8 nitrogen and oxygen atoms in total. The highest BCUT2D eigenvalue weighted by molar-refractivity contribution is 7.15. The first-order valence-corrected chi connectivity index (χ1v) is 10.5. The van der Waals surface area contributed by atoms with Gasteiger partial charge in [-0.1, -0.05) is 12.1 Å². The molecule has 0 bridgehead atoms. The molecular weight excluding hydrogens is 404 g/mol. The summed E-state index contributed by atoms with van der Waals surface area (Å²) in [5.41, 5.74) is 2.10. The smallest absolute Gasteiger partial charge is 0.260 e. The number of thiazole rings is 1. The first-order chi connectivity index (χ1) is 14.6. The zero-order chi connectivity index (χ0) is 20.9. The summed E-state index contributed by atoms with van der Waals surface area (Å²) in [6.45, 7) is 4.06. The van der Waals surface area contributed by atoms with E-state index in [-0.39, 0.29) is 18.4 Å². The van der Waals surface area contributed by atoms with E-state index in [2.05, 4.69) is 20.5 Å². The van der Waals surface area contributed by atoms with E-state index in [1.54, 1.807) is 6.07 Å². The summed E-state index contributed by atoms with van der Waals surface area (Å²) in [4.78, 5) is 32.4. The van der Waals surface area contributed by atoms with Crippen LogP contribution in [0.1, 0.15) is 27.9 Å². The van der Waals surface area contributed by atoms with Crippen molar-refractivity contribution in [1.29, 1.82) is 0 Å². The van der Waals surface area contributed by atoms with Gasteiger partial charge in [0.1, 0.15) is 12.0 Å². The number of nitrogens with zero attached hydrogens (tertiary/aromatic N) is 2. The lowest BCUT2D eigenvalue weighted by Gasteiger charge is -2.25. The maximum absolute atomic E-state index is 12.5. The van der Waals surface area contributed by atoms with E-state index in [9.17, 15) is 9.59 Å². The van der Waals surface area contributed by atoms with E-state index in [1.165, 1.54) is 23.9 Å². The van der Waals surface area contributed by atoms with Crippen LogP contribution in [0.15, 0.2) is 47.3 Å². The number of anilines is 2. The summed E-state index contributed by atoms with van der Waals surface area (Å²) < 4.78 is 10.5. The number of ether oxygens (including phenoxy) is 1. The molecule has 0 spiro atoms. The van der Waals surface area contributed by atoms with E-state index in [4.69, 9.17) is 9.15 Å². The number of carbonyl (C=O) groups excluding carboxylic acids is 2. The van der Waals surface area contributed by atoms with Crippen LogP contribution >= 0.6 is 11.3 Å². The van der Waals surface area contributed by atoms with Gasteiger partial charge in [0.15, 0.2) is 5.13 Å². The maximum Gasteiger partial charge on any atom is 0.260 e. The molecule has 2 aromatic heterocycles. The average Bonchev–Trinajstić information content (AvgIpc) is 3.39. The van der Waals surface area contributed by atoms with Gasteiger partial charge < -0.3 is 14.5 Å². The number of furan rings is 1. The number of hydrogen-bond donors (Lipinski definition) is 2. The predicted octanol–water partition coefficient (Wildman–Crippen LogP) is 3.38. The van der Waals surface area contributed by atoms with E-state index in [1.807, 2.05) is 31.2 Å². The molecule has 0 fully saturated rings. The molecule has 4 rings (SSSR count). The fourth-order valence-electron chi connectivity index (χ4n) is 3.24. The average molecular weight is 426 g/mol. The summed E-state index contributed by atoms with van der Waals surface area (Å²) in [7, 11) is 0. The monoisotopic (exact) mass is 426 g/mol. The highest BCUT2D eigenvalue weighted by Crippen LogP contribution is 2.29.